The third-order valence-electron chi connectivity index (χ3n) is 7.86. The number of aromatic nitrogens is 2. The van der Waals surface area contributed by atoms with Crippen molar-refractivity contribution in [3.05, 3.63) is 82.1 Å². The number of anilines is 1. The van der Waals surface area contributed by atoms with Gasteiger partial charge in [0.15, 0.2) is 0 Å². The van der Waals surface area contributed by atoms with Crippen LogP contribution in [-0.4, -0.2) is 57.6 Å². The zero-order chi connectivity index (χ0) is 28.1. The lowest BCUT2D eigenvalue weighted by Crippen LogP contribution is -2.39. The Kier molecular flexibility index (Phi) is 9.22. The molecule has 0 saturated heterocycles. The van der Waals surface area contributed by atoms with Crippen molar-refractivity contribution in [2.45, 2.75) is 71.5 Å². The Bertz CT molecular complexity index is 1320. The molecule has 3 aromatic rings. The lowest BCUT2D eigenvalue weighted by Gasteiger charge is -2.28. The fraction of sp³-hybridized carbons (Fsp3) is 0.469. The third kappa shape index (κ3) is 6.76. The summed E-state index contributed by atoms with van der Waals surface area (Å²) in [6, 6.07) is 18.1. The van der Waals surface area contributed by atoms with Gasteiger partial charge in [-0.3, -0.25) is 19.2 Å². The van der Waals surface area contributed by atoms with Crippen molar-refractivity contribution in [2.75, 3.05) is 31.1 Å². The normalized spacial score (nSPS) is 16.9. The van der Waals surface area contributed by atoms with Gasteiger partial charge in [-0.1, -0.05) is 54.9 Å². The van der Waals surface area contributed by atoms with Crippen molar-refractivity contribution < 1.29 is 9.59 Å². The Morgan fingerprint density at radius 2 is 1.77 bits per heavy atom. The first kappa shape index (κ1) is 28.4. The number of hydrogen-bond acceptors (Lipinski definition) is 4. The maximum absolute atomic E-state index is 14.2. The van der Waals surface area contributed by atoms with Crippen LogP contribution < -0.4 is 4.90 Å². The second-order valence-corrected chi connectivity index (χ2v) is 11.4. The molecule has 0 unspecified atom stereocenters. The fourth-order valence-electron chi connectivity index (χ4n) is 5.52. The van der Waals surface area contributed by atoms with Gasteiger partial charge in [-0.05, 0) is 61.9 Å². The first-order chi connectivity index (χ1) is 19.5. The zero-order valence-electron chi connectivity index (χ0n) is 23.7. The van der Waals surface area contributed by atoms with Gasteiger partial charge in [0.2, 0.25) is 5.91 Å². The van der Waals surface area contributed by atoms with Gasteiger partial charge >= 0.3 is 0 Å². The van der Waals surface area contributed by atoms with Crippen molar-refractivity contribution in [3.63, 3.8) is 0 Å². The van der Waals surface area contributed by atoms with E-state index in [2.05, 4.69) is 29.2 Å². The molecule has 7 nitrogen and oxygen atoms in total. The monoisotopic (exact) mass is 561 g/mol. The molecule has 1 aliphatic carbocycles. The summed E-state index contributed by atoms with van der Waals surface area (Å²) in [4.78, 5) is 33.8. The molecule has 0 radical (unpaired) electrons. The summed E-state index contributed by atoms with van der Waals surface area (Å²) in [5.74, 6) is 0.549. The highest BCUT2D eigenvalue weighted by molar-refractivity contribution is 6.31. The van der Waals surface area contributed by atoms with Crippen molar-refractivity contribution >= 4 is 29.1 Å². The van der Waals surface area contributed by atoms with Crippen LogP contribution in [0.15, 0.2) is 54.6 Å². The van der Waals surface area contributed by atoms with Crippen molar-refractivity contribution in [1.82, 2.24) is 19.6 Å². The summed E-state index contributed by atoms with van der Waals surface area (Å²) in [6.45, 7) is 8.64. The van der Waals surface area contributed by atoms with Crippen molar-refractivity contribution in [1.29, 1.82) is 0 Å². The minimum atomic E-state index is -0.0208. The molecule has 2 aliphatic rings. The van der Waals surface area contributed by atoms with E-state index in [1.54, 1.807) is 0 Å². The highest BCUT2D eigenvalue weighted by Gasteiger charge is 2.31. The molecular formula is C32H40ClN5O2. The topological polar surface area (TPSA) is 61.7 Å². The van der Waals surface area contributed by atoms with Crippen LogP contribution in [0.25, 0.3) is 0 Å². The van der Waals surface area contributed by atoms with E-state index in [-0.39, 0.29) is 11.8 Å². The van der Waals surface area contributed by atoms with Crippen LogP contribution >= 0.6 is 11.6 Å². The molecule has 5 rings (SSSR count). The predicted molar refractivity (Wildman–Crippen MR) is 160 cm³/mol. The average Bonchev–Trinajstić information content (AvgIpc) is 3.72. The molecular weight excluding hydrogens is 522 g/mol. The number of hydrogen-bond donors (Lipinski definition) is 0. The van der Waals surface area contributed by atoms with E-state index in [4.69, 9.17) is 16.7 Å². The number of aryl methyl sites for hydroxylation is 1. The minimum absolute atomic E-state index is 0.0208. The van der Waals surface area contributed by atoms with E-state index in [1.165, 1.54) is 5.56 Å². The summed E-state index contributed by atoms with van der Waals surface area (Å²) >= 11 is 6.47. The molecule has 1 aromatic heterocycles. The van der Waals surface area contributed by atoms with E-state index in [9.17, 15) is 9.59 Å². The standard InChI is InChI=1S/C32H40ClN5O2/c1-3-9-31(39)37-17-8-16-35(22-24-10-6-5-7-11-24)18-19-36(23-26-14-15-27(33)20-29(26)37)32(40)30-21-28(25-12-13-25)34-38(30)4-2/h5-7,10-11,14-15,20-21,25H,3-4,8-9,12-13,16-19,22-23H2,1-2H3. The van der Waals surface area contributed by atoms with Gasteiger partial charge in [0.05, 0.1) is 11.4 Å². The number of halogens is 1. The third-order valence-corrected chi connectivity index (χ3v) is 8.09. The van der Waals surface area contributed by atoms with Gasteiger partial charge in [0.25, 0.3) is 5.91 Å². The molecule has 1 fully saturated rings. The number of amides is 2. The van der Waals surface area contributed by atoms with Crippen LogP contribution in [0.2, 0.25) is 5.02 Å². The predicted octanol–water partition coefficient (Wildman–Crippen LogP) is 6.12. The fourth-order valence-corrected chi connectivity index (χ4v) is 5.69. The van der Waals surface area contributed by atoms with Gasteiger partial charge in [-0.25, -0.2) is 0 Å². The Morgan fingerprint density at radius 1 is 0.975 bits per heavy atom. The van der Waals surface area contributed by atoms with E-state index in [0.29, 0.717) is 49.2 Å². The van der Waals surface area contributed by atoms with E-state index in [0.717, 1.165) is 62.3 Å². The number of benzene rings is 2. The number of carbonyl (C=O) groups is 2. The maximum atomic E-state index is 14.2. The van der Waals surface area contributed by atoms with Gasteiger partial charge in [-0.15, -0.1) is 0 Å². The van der Waals surface area contributed by atoms with Crippen molar-refractivity contribution in [3.8, 4) is 0 Å². The summed E-state index contributed by atoms with van der Waals surface area (Å²) in [5, 5.41) is 5.36. The second kappa shape index (κ2) is 13.0. The van der Waals surface area contributed by atoms with Gasteiger partial charge in [0.1, 0.15) is 5.69 Å². The molecule has 1 aliphatic heterocycles. The molecule has 2 heterocycles. The molecule has 8 heteroatoms. The highest BCUT2D eigenvalue weighted by atomic mass is 35.5. The van der Waals surface area contributed by atoms with Crippen LogP contribution in [0, 0.1) is 0 Å². The summed E-state index contributed by atoms with van der Waals surface area (Å²) in [6.07, 6.45) is 4.36. The second-order valence-electron chi connectivity index (χ2n) is 11.0. The maximum Gasteiger partial charge on any atom is 0.272 e. The zero-order valence-corrected chi connectivity index (χ0v) is 24.4. The van der Waals surface area contributed by atoms with Crippen LogP contribution in [0.3, 0.4) is 0 Å². The van der Waals surface area contributed by atoms with Crippen LogP contribution in [0.4, 0.5) is 5.69 Å². The van der Waals surface area contributed by atoms with Crippen LogP contribution in [-0.2, 0) is 24.4 Å². The van der Waals surface area contributed by atoms with Crippen LogP contribution in [0.1, 0.15) is 79.2 Å². The highest BCUT2D eigenvalue weighted by Crippen LogP contribution is 2.39. The van der Waals surface area contributed by atoms with E-state index < -0.39 is 0 Å². The first-order valence-electron chi connectivity index (χ1n) is 14.7. The summed E-state index contributed by atoms with van der Waals surface area (Å²) < 4.78 is 1.85. The molecule has 0 spiro atoms. The molecule has 2 amide bonds. The first-order valence-corrected chi connectivity index (χ1v) is 15.1. The Labute approximate surface area is 242 Å². The molecule has 2 aromatic carbocycles. The van der Waals surface area contributed by atoms with E-state index in [1.807, 2.05) is 58.7 Å². The lowest BCUT2D eigenvalue weighted by molar-refractivity contribution is -0.118. The van der Waals surface area contributed by atoms with Gasteiger partial charge < -0.3 is 9.80 Å². The summed E-state index contributed by atoms with van der Waals surface area (Å²) in [5.41, 5.74) is 4.65. The lowest BCUT2D eigenvalue weighted by atomic mass is 10.1. The van der Waals surface area contributed by atoms with Crippen molar-refractivity contribution in [2.24, 2.45) is 0 Å². The Morgan fingerprint density at radius 3 is 2.50 bits per heavy atom. The number of rotatable bonds is 7. The smallest absolute Gasteiger partial charge is 0.272 e. The minimum Gasteiger partial charge on any atom is -0.332 e. The van der Waals surface area contributed by atoms with E-state index >= 15 is 0 Å². The number of fused-ring (bicyclic) bond motifs is 1. The van der Waals surface area contributed by atoms with Gasteiger partial charge in [0, 0.05) is 63.2 Å². The number of nitrogens with zero attached hydrogens (tertiary/aromatic N) is 5. The van der Waals surface area contributed by atoms with Crippen LogP contribution in [0.5, 0.6) is 0 Å². The molecule has 0 atom stereocenters. The quantitative estimate of drug-likeness (QED) is 0.349. The SMILES string of the molecule is CCCC(=O)N1CCCN(Cc2ccccc2)CCN(C(=O)c2cc(C3CC3)nn2CC)Cc2ccc(Cl)cc21. The number of carbonyl (C=O) groups excluding carboxylic acids is 2. The molecule has 0 bridgehead atoms. The molecule has 212 valence electrons. The molecule has 40 heavy (non-hydrogen) atoms. The Hall–Kier alpha value is -3.16. The molecule has 0 N–H and O–H groups in total. The molecule has 1 saturated carbocycles. The largest absolute Gasteiger partial charge is 0.332 e. The Balaban J connectivity index is 1.50. The summed E-state index contributed by atoms with van der Waals surface area (Å²) in [7, 11) is 0. The van der Waals surface area contributed by atoms with Gasteiger partial charge in [-0.2, -0.15) is 5.10 Å². The average molecular weight is 562 g/mol.